The first-order valence-electron chi connectivity index (χ1n) is 14.8. The van der Waals surface area contributed by atoms with Crippen LogP contribution < -0.4 is 9.47 Å². The number of carbonyl (C=O) groups is 2. The zero-order valence-corrected chi connectivity index (χ0v) is 24.9. The van der Waals surface area contributed by atoms with Gasteiger partial charge in [-0.2, -0.15) is 0 Å². The minimum absolute atomic E-state index is 0.0233. The van der Waals surface area contributed by atoms with Crippen LogP contribution >= 0.6 is 0 Å². The number of morpholine rings is 1. The second-order valence-corrected chi connectivity index (χ2v) is 11.0. The smallest absolute Gasteiger partial charge is 0.295 e. The number of imidazole rings is 1. The minimum Gasteiger partial charge on any atom is -0.505 e. The average Bonchev–Trinajstić information content (AvgIpc) is 3.52. The molecule has 6 rings (SSSR count). The summed E-state index contributed by atoms with van der Waals surface area (Å²) in [6.45, 7) is 6.25. The molecule has 1 unspecified atom stereocenters. The Morgan fingerprint density at radius 2 is 1.77 bits per heavy atom. The third-order valence-corrected chi connectivity index (χ3v) is 8.19. The number of aromatic nitrogens is 2. The molecular weight excluding hydrogens is 560 g/mol. The van der Waals surface area contributed by atoms with Crippen LogP contribution in [0, 0.1) is 6.92 Å². The van der Waals surface area contributed by atoms with Crippen LogP contribution in [0.25, 0.3) is 11.4 Å². The lowest BCUT2D eigenvalue weighted by Gasteiger charge is -2.29. The van der Waals surface area contributed by atoms with E-state index in [-0.39, 0.29) is 11.3 Å². The van der Waals surface area contributed by atoms with E-state index in [2.05, 4.69) is 9.88 Å². The molecule has 2 aromatic carbocycles. The molecule has 1 amide bonds. The van der Waals surface area contributed by atoms with Crippen LogP contribution in [0.5, 0.6) is 11.5 Å². The molecule has 2 aliphatic rings. The van der Waals surface area contributed by atoms with E-state index in [4.69, 9.17) is 14.2 Å². The fraction of sp³-hybridized carbons (Fsp3) is 0.324. The summed E-state index contributed by atoms with van der Waals surface area (Å²) in [7, 11) is 1.55. The molecule has 2 aliphatic heterocycles. The number of rotatable bonds is 10. The minimum atomic E-state index is -0.828. The average molecular weight is 597 g/mol. The Labute approximate surface area is 256 Å². The van der Waals surface area contributed by atoms with Crippen molar-refractivity contribution >= 4 is 23.1 Å². The summed E-state index contributed by atoms with van der Waals surface area (Å²) in [6, 6.07) is 19.9. The predicted molar refractivity (Wildman–Crippen MR) is 165 cm³/mol. The lowest BCUT2D eigenvalue weighted by Crippen LogP contribution is -2.39. The quantitative estimate of drug-likeness (QED) is 0.163. The van der Waals surface area contributed by atoms with Crippen molar-refractivity contribution < 1.29 is 28.9 Å². The van der Waals surface area contributed by atoms with E-state index in [0.717, 1.165) is 25.2 Å². The highest BCUT2D eigenvalue weighted by Gasteiger charge is 2.46. The van der Waals surface area contributed by atoms with Crippen molar-refractivity contribution in [3.63, 3.8) is 0 Å². The summed E-state index contributed by atoms with van der Waals surface area (Å²) in [6.07, 6.45) is 2.44. The van der Waals surface area contributed by atoms with E-state index in [0.29, 0.717) is 66.9 Å². The van der Waals surface area contributed by atoms with Crippen molar-refractivity contribution in [1.82, 2.24) is 19.2 Å². The maximum Gasteiger partial charge on any atom is 0.295 e. The standard InChI is InChI=1S/C34H36N4O6/c1-23-30(37-15-7-6-11-28(37)35-23)32(39)29-31(38(34(41)33(29)40)16-8-14-36-17-19-43-20-18-36)25-12-13-26(27(21-25)42-2)44-22-24-9-4-3-5-10-24/h3-7,9-13,15,21,31,39H,8,14,16-20,22H2,1-2H3/b32-29+. The van der Waals surface area contributed by atoms with Crippen molar-refractivity contribution in [1.29, 1.82) is 0 Å². The van der Waals surface area contributed by atoms with Crippen LogP contribution in [0.4, 0.5) is 0 Å². The van der Waals surface area contributed by atoms with Crippen molar-refractivity contribution in [2.24, 2.45) is 0 Å². The van der Waals surface area contributed by atoms with Crippen molar-refractivity contribution in [2.45, 2.75) is 26.0 Å². The van der Waals surface area contributed by atoms with Gasteiger partial charge in [-0.1, -0.05) is 42.5 Å². The Morgan fingerprint density at radius 3 is 2.55 bits per heavy atom. The number of ketones is 1. The first-order valence-corrected chi connectivity index (χ1v) is 14.8. The van der Waals surface area contributed by atoms with Crippen molar-refractivity contribution in [3.05, 3.63) is 101 Å². The van der Waals surface area contributed by atoms with Crippen molar-refractivity contribution in [2.75, 3.05) is 46.5 Å². The molecule has 0 bridgehead atoms. The summed E-state index contributed by atoms with van der Waals surface area (Å²) in [5.74, 6) is -0.644. The van der Waals surface area contributed by atoms with Gasteiger partial charge in [-0.3, -0.25) is 18.9 Å². The number of benzene rings is 2. The number of fused-ring (bicyclic) bond motifs is 1. The van der Waals surface area contributed by atoms with E-state index in [1.807, 2.05) is 54.6 Å². The second-order valence-electron chi connectivity index (χ2n) is 11.0. The molecule has 0 aliphatic carbocycles. The lowest BCUT2D eigenvalue weighted by atomic mass is 9.95. The van der Waals surface area contributed by atoms with E-state index in [1.54, 1.807) is 41.7 Å². The molecule has 2 saturated heterocycles. The SMILES string of the molecule is COc1cc(C2/C(=C(\O)c3c(C)nc4ccccn34)C(=O)C(=O)N2CCCN2CCOCC2)ccc1OCc1ccccc1. The molecule has 10 heteroatoms. The normalized spacial score (nSPS) is 18.7. The number of ether oxygens (including phenoxy) is 3. The number of carbonyl (C=O) groups excluding carboxylic acids is 2. The van der Waals surface area contributed by atoms with E-state index in [9.17, 15) is 14.7 Å². The molecule has 10 nitrogen and oxygen atoms in total. The third kappa shape index (κ3) is 5.78. The third-order valence-electron chi connectivity index (χ3n) is 8.19. The Bertz CT molecular complexity index is 1690. The van der Waals surface area contributed by atoms with Gasteiger partial charge in [0.25, 0.3) is 11.7 Å². The van der Waals surface area contributed by atoms with Gasteiger partial charge < -0.3 is 24.2 Å². The van der Waals surface area contributed by atoms with Gasteiger partial charge in [-0.15, -0.1) is 0 Å². The number of hydrogen-bond donors (Lipinski definition) is 1. The fourth-order valence-corrected chi connectivity index (χ4v) is 5.98. The molecule has 1 N–H and O–H groups in total. The number of aliphatic hydroxyl groups is 1. The maximum atomic E-state index is 13.7. The Balaban J connectivity index is 1.38. The lowest BCUT2D eigenvalue weighted by molar-refractivity contribution is -0.140. The number of likely N-dealkylation sites (tertiary alicyclic amines) is 1. The largest absolute Gasteiger partial charge is 0.505 e. The van der Waals surface area contributed by atoms with Gasteiger partial charge in [0.1, 0.15) is 17.9 Å². The summed E-state index contributed by atoms with van der Waals surface area (Å²) in [4.78, 5) is 35.7. The summed E-state index contributed by atoms with van der Waals surface area (Å²) in [5.41, 5.74) is 3.22. The second kappa shape index (κ2) is 12.9. The number of nitrogens with zero attached hydrogens (tertiary/aromatic N) is 4. The number of aryl methyl sites for hydroxylation is 1. The highest BCUT2D eigenvalue weighted by atomic mass is 16.5. The van der Waals surface area contributed by atoms with Crippen LogP contribution in [0.1, 0.15) is 35.0 Å². The van der Waals surface area contributed by atoms with E-state index in [1.165, 1.54) is 0 Å². The molecule has 0 spiro atoms. The number of methoxy groups -OCH3 is 1. The van der Waals surface area contributed by atoms with Gasteiger partial charge >= 0.3 is 0 Å². The highest BCUT2D eigenvalue weighted by Crippen LogP contribution is 2.42. The highest BCUT2D eigenvalue weighted by molar-refractivity contribution is 6.46. The van der Waals surface area contributed by atoms with Gasteiger partial charge in [0, 0.05) is 32.4 Å². The molecule has 44 heavy (non-hydrogen) atoms. The monoisotopic (exact) mass is 596 g/mol. The summed E-state index contributed by atoms with van der Waals surface area (Å²) >= 11 is 0. The van der Waals surface area contributed by atoms with Crippen LogP contribution in [-0.4, -0.2) is 82.5 Å². The number of hydrogen-bond acceptors (Lipinski definition) is 8. The Kier molecular flexibility index (Phi) is 8.63. The number of Topliss-reactive ketones (excluding diaryl/α,β-unsaturated/α-hetero) is 1. The van der Waals surface area contributed by atoms with Gasteiger partial charge in [0.2, 0.25) is 0 Å². The fourth-order valence-electron chi connectivity index (χ4n) is 5.98. The number of pyridine rings is 1. The first kappa shape index (κ1) is 29.4. The van der Waals surface area contributed by atoms with Crippen molar-refractivity contribution in [3.8, 4) is 11.5 Å². The first-order chi connectivity index (χ1) is 21.5. The predicted octanol–water partition coefficient (Wildman–Crippen LogP) is 4.37. The van der Waals surface area contributed by atoms with Crippen LogP contribution in [0.15, 0.2) is 78.5 Å². The van der Waals surface area contributed by atoms with Crippen LogP contribution in [0.2, 0.25) is 0 Å². The topological polar surface area (TPSA) is 106 Å². The zero-order chi connectivity index (χ0) is 30.6. The van der Waals surface area contributed by atoms with E-state index >= 15 is 0 Å². The molecule has 2 aromatic heterocycles. The molecule has 0 radical (unpaired) electrons. The number of aliphatic hydroxyl groups excluding tert-OH is 1. The zero-order valence-electron chi connectivity index (χ0n) is 24.9. The maximum absolute atomic E-state index is 13.7. The van der Waals surface area contributed by atoms with Gasteiger partial charge in [-0.25, -0.2) is 4.98 Å². The van der Waals surface area contributed by atoms with Crippen LogP contribution in [0.3, 0.4) is 0 Å². The van der Waals surface area contributed by atoms with Crippen LogP contribution in [-0.2, 0) is 20.9 Å². The van der Waals surface area contributed by atoms with E-state index < -0.39 is 17.7 Å². The van der Waals surface area contributed by atoms with Gasteiger partial charge in [0.05, 0.1) is 37.6 Å². The Hall–Kier alpha value is -4.67. The van der Waals surface area contributed by atoms with Gasteiger partial charge in [0.15, 0.2) is 17.3 Å². The Morgan fingerprint density at radius 1 is 1.00 bits per heavy atom. The number of amides is 1. The molecule has 4 aromatic rings. The molecule has 4 heterocycles. The molecule has 228 valence electrons. The summed E-state index contributed by atoms with van der Waals surface area (Å²) < 4.78 is 19.0. The molecule has 0 saturated carbocycles. The summed E-state index contributed by atoms with van der Waals surface area (Å²) in [5, 5.41) is 11.8. The molecule has 2 fully saturated rings. The molecule has 1 atom stereocenters. The molecular formula is C34H36N4O6. The van der Waals surface area contributed by atoms with Gasteiger partial charge in [-0.05, 0) is 48.7 Å².